The van der Waals surface area contributed by atoms with Crippen LogP contribution in [-0.2, 0) is 10.0 Å². The average Bonchev–Trinajstić information content (AvgIpc) is 2.27. The Hall–Kier alpha value is -0.940. The van der Waals surface area contributed by atoms with Crippen LogP contribution in [0, 0.1) is 11.7 Å². The summed E-state index contributed by atoms with van der Waals surface area (Å²) in [5, 5.41) is 0. The third-order valence-corrected chi connectivity index (χ3v) is 4.91. The normalized spacial score (nSPS) is 14.2. The molecule has 0 saturated carbocycles. The van der Waals surface area contributed by atoms with Crippen molar-refractivity contribution in [2.45, 2.75) is 38.1 Å². The fraction of sp³-hybridized carbons (Fsp3) is 0.538. The molecule has 0 aliphatic heterocycles. The molecule has 1 unspecified atom stereocenters. The van der Waals surface area contributed by atoms with Crippen LogP contribution in [0.2, 0.25) is 0 Å². The van der Waals surface area contributed by atoms with Crippen LogP contribution in [-0.4, -0.2) is 25.8 Å². The summed E-state index contributed by atoms with van der Waals surface area (Å²) in [6.07, 6.45) is 0.789. The standard InChI is InChI=1S/C13H20FNO2S/c1-10(2)9-11(3)15(4)18(16,17)13-7-5-12(14)6-8-13/h5-8,10-11H,9H2,1-4H3. The summed E-state index contributed by atoms with van der Waals surface area (Å²) in [5.74, 6) is -0.0160. The van der Waals surface area contributed by atoms with Gasteiger partial charge in [-0.2, -0.15) is 4.31 Å². The predicted molar refractivity (Wildman–Crippen MR) is 70.3 cm³/mol. The molecule has 0 fully saturated rings. The zero-order chi connectivity index (χ0) is 13.9. The highest BCUT2D eigenvalue weighted by Crippen LogP contribution is 2.19. The Bertz CT molecular complexity index is 482. The van der Waals surface area contributed by atoms with E-state index in [0.717, 1.165) is 18.6 Å². The number of sulfonamides is 1. The first kappa shape index (κ1) is 15.1. The van der Waals surface area contributed by atoms with E-state index in [1.807, 2.05) is 6.92 Å². The fourth-order valence-electron chi connectivity index (χ4n) is 1.84. The first-order valence-corrected chi connectivity index (χ1v) is 7.42. The van der Waals surface area contributed by atoms with Gasteiger partial charge in [0.15, 0.2) is 0 Å². The summed E-state index contributed by atoms with van der Waals surface area (Å²) in [6, 6.07) is 4.83. The van der Waals surface area contributed by atoms with Crippen LogP contribution in [0.15, 0.2) is 29.2 Å². The number of benzene rings is 1. The van der Waals surface area contributed by atoms with Gasteiger partial charge in [0, 0.05) is 13.1 Å². The number of nitrogens with zero attached hydrogens (tertiary/aromatic N) is 1. The molecule has 0 aromatic heterocycles. The SMILES string of the molecule is CC(C)CC(C)N(C)S(=O)(=O)c1ccc(F)cc1. The molecule has 0 N–H and O–H groups in total. The smallest absolute Gasteiger partial charge is 0.207 e. The van der Waals surface area contributed by atoms with Gasteiger partial charge in [-0.3, -0.25) is 0 Å². The van der Waals surface area contributed by atoms with Gasteiger partial charge in [-0.1, -0.05) is 13.8 Å². The molecule has 5 heteroatoms. The summed E-state index contributed by atoms with van der Waals surface area (Å²) in [5.41, 5.74) is 0. The van der Waals surface area contributed by atoms with Gasteiger partial charge in [0.05, 0.1) is 4.90 Å². The van der Waals surface area contributed by atoms with Gasteiger partial charge < -0.3 is 0 Å². The molecule has 1 rings (SSSR count). The van der Waals surface area contributed by atoms with Gasteiger partial charge in [0.2, 0.25) is 10.0 Å². The lowest BCUT2D eigenvalue weighted by atomic mass is 10.1. The minimum absolute atomic E-state index is 0.0833. The Morgan fingerprint density at radius 2 is 1.67 bits per heavy atom. The van der Waals surface area contributed by atoms with E-state index in [1.54, 1.807) is 7.05 Å². The van der Waals surface area contributed by atoms with Crippen molar-refractivity contribution in [2.75, 3.05) is 7.05 Å². The third-order valence-electron chi connectivity index (χ3n) is 2.92. The Balaban J connectivity index is 2.96. The largest absolute Gasteiger partial charge is 0.243 e. The van der Waals surface area contributed by atoms with Gasteiger partial charge in [-0.05, 0) is 43.5 Å². The maximum absolute atomic E-state index is 12.8. The Labute approximate surface area is 109 Å². The number of halogens is 1. The van der Waals surface area contributed by atoms with Gasteiger partial charge >= 0.3 is 0 Å². The van der Waals surface area contributed by atoms with Crippen molar-refractivity contribution in [3.63, 3.8) is 0 Å². The summed E-state index contributed by atoms with van der Waals surface area (Å²) < 4.78 is 38.7. The van der Waals surface area contributed by atoms with E-state index in [2.05, 4.69) is 13.8 Å². The first-order valence-electron chi connectivity index (χ1n) is 5.98. The van der Waals surface area contributed by atoms with E-state index in [9.17, 15) is 12.8 Å². The van der Waals surface area contributed by atoms with E-state index in [0.29, 0.717) is 5.92 Å². The van der Waals surface area contributed by atoms with Gasteiger partial charge in [0.1, 0.15) is 5.82 Å². The van der Waals surface area contributed by atoms with Crippen molar-refractivity contribution < 1.29 is 12.8 Å². The van der Waals surface area contributed by atoms with Crippen molar-refractivity contribution in [3.05, 3.63) is 30.1 Å². The van der Waals surface area contributed by atoms with Crippen LogP contribution >= 0.6 is 0 Å². The molecule has 18 heavy (non-hydrogen) atoms. The van der Waals surface area contributed by atoms with E-state index >= 15 is 0 Å². The molecule has 0 saturated heterocycles. The molecule has 0 spiro atoms. The van der Waals surface area contributed by atoms with Crippen molar-refractivity contribution in [2.24, 2.45) is 5.92 Å². The lowest BCUT2D eigenvalue weighted by Gasteiger charge is -2.25. The molecule has 0 heterocycles. The highest BCUT2D eigenvalue weighted by atomic mass is 32.2. The van der Waals surface area contributed by atoms with Crippen LogP contribution in [0.5, 0.6) is 0 Å². The van der Waals surface area contributed by atoms with E-state index in [1.165, 1.54) is 16.4 Å². The molecule has 1 aromatic rings. The van der Waals surface area contributed by atoms with Crippen LogP contribution in [0.25, 0.3) is 0 Å². The van der Waals surface area contributed by atoms with Gasteiger partial charge in [-0.15, -0.1) is 0 Å². The molecule has 0 aliphatic rings. The molecule has 0 amide bonds. The summed E-state index contributed by atoms with van der Waals surface area (Å²) >= 11 is 0. The molecule has 1 atom stereocenters. The van der Waals surface area contributed by atoms with E-state index in [-0.39, 0.29) is 10.9 Å². The predicted octanol–water partition coefficient (Wildman–Crippen LogP) is 2.88. The summed E-state index contributed by atoms with van der Waals surface area (Å²) in [6.45, 7) is 5.98. The highest BCUT2D eigenvalue weighted by Gasteiger charge is 2.25. The third kappa shape index (κ3) is 3.53. The molecular weight excluding hydrogens is 253 g/mol. The van der Waals surface area contributed by atoms with Crippen LogP contribution < -0.4 is 0 Å². The van der Waals surface area contributed by atoms with Gasteiger partial charge in [-0.25, -0.2) is 12.8 Å². The van der Waals surface area contributed by atoms with Gasteiger partial charge in [0.25, 0.3) is 0 Å². The zero-order valence-corrected chi connectivity index (χ0v) is 12.0. The molecule has 3 nitrogen and oxygen atoms in total. The van der Waals surface area contributed by atoms with Crippen molar-refractivity contribution in [1.29, 1.82) is 0 Å². The first-order chi connectivity index (χ1) is 8.25. The van der Waals surface area contributed by atoms with Crippen LogP contribution in [0.3, 0.4) is 0 Å². The molecular formula is C13H20FNO2S. The molecule has 0 radical (unpaired) electrons. The second-order valence-electron chi connectivity index (χ2n) is 4.95. The quantitative estimate of drug-likeness (QED) is 0.827. The average molecular weight is 273 g/mol. The Kier molecular flexibility index (Phi) is 4.87. The zero-order valence-electron chi connectivity index (χ0n) is 11.2. The monoisotopic (exact) mass is 273 g/mol. The Morgan fingerprint density at radius 1 is 1.17 bits per heavy atom. The number of hydrogen-bond acceptors (Lipinski definition) is 2. The molecule has 102 valence electrons. The molecule has 0 aliphatic carbocycles. The molecule has 0 bridgehead atoms. The van der Waals surface area contributed by atoms with E-state index in [4.69, 9.17) is 0 Å². The maximum Gasteiger partial charge on any atom is 0.243 e. The second-order valence-corrected chi connectivity index (χ2v) is 6.95. The second kappa shape index (κ2) is 5.80. The van der Waals surface area contributed by atoms with Crippen LogP contribution in [0.1, 0.15) is 27.2 Å². The fourth-order valence-corrected chi connectivity index (χ4v) is 3.21. The van der Waals surface area contributed by atoms with Crippen molar-refractivity contribution >= 4 is 10.0 Å². The summed E-state index contributed by atoms with van der Waals surface area (Å²) in [7, 11) is -1.97. The number of rotatable bonds is 5. The Morgan fingerprint density at radius 3 is 2.11 bits per heavy atom. The highest BCUT2D eigenvalue weighted by molar-refractivity contribution is 7.89. The minimum Gasteiger partial charge on any atom is -0.207 e. The van der Waals surface area contributed by atoms with Crippen LogP contribution in [0.4, 0.5) is 4.39 Å². The van der Waals surface area contributed by atoms with Crippen molar-refractivity contribution in [3.8, 4) is 0 Å². The van der Waals surface area contributed by atoms with Crippen molar-refractivity contribution in [1.82, 2.24) is 4.31 Å². The van der Waals surface area contributed by atoms with E-state index < -0.39 is 15.8 Å². The lowest BCUT2D eigenvalue weighted by molar-refractivity contribution is 0.338. The number of hydrogen-bond donors (Lipinski definition) is 0. The lowest BCUT2D eigenvalue weighted by Crippen LogP contribution is -2.35. The minimum atomic E-state index is -3.53. The topological polar surface area (TPSA) is 37.4 Å². The maximum atomic E-state index is 12.8. The summed E-state index contributed by atoms with van der Waals surface area (Å²) in [4.78, 5) is 0.127. The molecule has 1 aromatic carbocycles.